The summed E-state index contributed by atoms with van der Waals surface area (Å²) in [6.07, 6.45) is 0. The summed E-state index contributed by atoms with van der Waals surface area (Å²) in [6.45, 7) is 1.51. The maximum absolute atomic E-state index is 12.3. The molecule has 1 atom stereocenters. The molecule has 2 heterocycles. The molecule has 1 saturated heterocycles. The summed E-state index contributed by atoms with van der Waals surface area (Å²) in [7, 11) is 0. The van der Waals surface area contributed by atoms with Crippen molar-refractivity contribution in [3.8, 4) is 5.75 Å². The number of amides is 1. The van der Waals surface area contributed by atoms with Crippen LogP contribution in [0.2, 0.25) is 0 Å². The number of rotatable bonds is 5. The molecule has 23 heavy (non-hydrogen) atoms. The SMILES string of the molecule is Cc1cc(OCC(=O)O)ccc1N1C(=O)CSC1c1ccsc1. The zero-order valence-corrected chi connectivity index (χ0v) is 14.0. The van der Waals surface area contributed by atoms with Gasteiger partial charge in [0.25, 0.3) is 0 Å². The number of hydrogen-bond donors (Lipinski definition) is 1. The first-order valence-corrected chi connectivity index (χ1v) is 8.96. The molecular formula is C16H15NO4S2. The average Bonchev–Trinajstić information content (AvgIpc) is 3.15. The number of aliphatic carboxylic acids is 1. The van der Waals surface area contributed by atoms with Crippen LogP contribution in [-0.2, 0) is 9.59 Å². The predicted octanol–water partition coefficient (Wildman–Crippen LogP) is 3.30. The van der Waals surface area contributed by atoms with Gasteiger partial charge in [-0.1, -0.05) is 0 Å². The fraction of sp³-hybridized carbons (Fsp3) is 0.250. The Balaban J connectivity index is 1.87. The minimum atomic E-state index is -1.02. The fourth-order valence-electron chi connectivity index (χ4n) is 2.48. The van der Waals surface area contributed by atoms with Crippen LogP contribution in [0.3, 0.4) is 0 Å². The normalized spacial score (nSPS) is 17.5. The standard InChI is InChI=1S/C16H15NO4S2/c1-10-6-12(21-7-15(19)20)2-3-13(10)17-14(18)9-23-16(17)11-4-5-22-8-11/h2-6,8,16H,7,9H2,1H3,(H,19,20). The number of anilines is 1. The molecule has 1 fully saturated rings. The second-order valence-corrected chi connectivity index (χ2v) is 6.96. The highest BCUT2D eigenvalue weighted by Crippen LogP contribution is 2.43. The third-order valence-corrected chi connectivity index (χ3v) is 5.40. The van der Waals surface area contributed by atoms with E-state index in [0.29, 0.717) is 11.5 Å². The van der Waals surface area contributed by atoms with Crippen molar-refractivity contribution >= 4 is 40.7 Å². The molecule has 1 N–H and O–H groups in total. The molecule has 0 aliphatic carbocycles. The molecule has 7 heteroatoms. The van der Waals surface area contributed by atoms with Gasteiger partial charge in [-0.15, -0.1) is 11.8 Å². The molecule has 0 saturated carbocycles. The molecule has 0 spiro atoms. The number of carbonyl (C=O) groups excluding carboxylic acids is 1. The van der Waals surface area contributed by atoms with Crippen LogP contribution in [0.15, 0.2) is 35.0 Å². The van der Waals surface area contributed by atoms with Gasteiger partial charge in [0.15, 0.2) is 6.61 Å². The van der Waals surface area contributed by atoms with Crippen molar-refractivity contribution in [2.24, 2.45) is 0 Å². The second-order valence-electron chi connectivity index (χ2n) is 5.11. The van der Waals surface area contributed by atoms with E-state index in [2.05, 4.69) is 5.38 Å². The van der Waals surface area contributed by atoms with Crippen molar-refractivity contribution in [3.63, 3.8) is 0 Å². The van der Waals surface area contributed by atoms with Crippen molar-refractivity contribution in [1.82, 2.24) is 0 Å². The van der Waals surface area contributed by atoms with Gasteiger partial charge in [0.05, 0.1) is 5.75 Å². The highest BCUT2D eigenvalue weighted by Gasteiger charge is 2.35. The average molecular weight is 349 g/mol. The number of hydrogen-bond acceptors (Lipinski definition) is 5. The molecule has 1 aliphatic heterocycles. The molecular weight excluding hydrogens is 334 g/mol. The highest BCUT2D eigenvalue weighted by molar-refractivity contribution is 8.00. The Morgan fingerprint density at radius 2 is 2.26 bits per heavy atom. The Morgan fingerprint density at radius 1 is 1.43 bits per heavy atom. The van der Waals surface area contributed by atoms with E-state index in [1.54, 1.807) is 35.2 Å². The van der Waals surface area contributed by atoms with E-state index in [4.69, 9.17) is 9.84 Å². The summed E-state index contributed by atoms with van der Waals surface area (Å²) >= 11 is 3.23. The number of carbonyl (C=O) groups is 2. The molecule has 1 aromatic heterocycles. The van der Waals surface area contributed by atoms with E-state index in [1.165, 1.54) is 0 Å². The van der Waals surface area contributed by atoms with Crippen LogP contribution in [0.4, 0.5) is 5.69 Å². The molecule has 5 nitrogen and oxygen atoms in total. The van der Waals surface area contributed by atoms with Gasteiger partial charge in [-0.25, -0.2) is 4.79 Å². The summed E-state index contributed by atoms with van der Waals surface area (Å²) in [4.78, 5) is 24.7. The first kappa shape index (κ1) is 15.9. The third-order valence-electron chi connectivity index (χ3n) is 3.49. The van der Waals surface area contributed by atoms with Gasteiger partial charge in [-0.3, -0.25) is 9.69 Å². The largest absolute Gasteiger partial charge is 0.482 e. The van der Waals surface area contributed by atoms with Crippen LogP contribution < -0.4 is 9.64 Å². The molecule has 1 unspecified atom stereocenters. The number of thiophene rings is 1. The maximum Gasteiger partial charge on any atom is 0.341 e. The highest BCUT2D eigenvalue weighted by atomic mass is 32.2. The zero-order valence-electron chi connectivity index (χ0n) is 12.4. The zero-order chi connectivity index (χ0) is 16.4. The Hall–Kier alpha value is -1.99. The maximum atomic E-state index is 12.3. The number of benzene rings is 1. The summed E-state index contributed by atoms with van der Waals surface area (Å²) in [5.74, 6) is 0.000860. The van der Waals surface area contributed by atoms with Gasteiger partial charge in [0, 0.05) is 5.69 Å². The van der Waals surface area contributed by atoms with Crippen molar-refractivity contribution < 1.29 is 19.4 Å². The van der Waals surface area contributed by atoms with E-state index in [1.807, 2.05) is 29.3 Å². The van der Waals surface area contributed by atoms with Crippen molar-refractivity contribution in [3.05, 3.63) is 46.2 Å². The van der Waals surface area contributed by atoms with Crippen LogP contribution in [-0.4, -0.2) is 29.3 Å². The van der Waals surface area contributed by atoms with Crippen molar-refractivity contribution in [2.45, 2.75) is 12.3 Å². The first-order valence-electron chi connectivity index (χ1n) is 6.97. The molecule has 120 valence electrons. The lowest BCUT2D eigenvalue weighted by Crippen LogP contribution is -2.28. The van der Waals surface area contributed by atoms with E-state index in [9.17, 15) is 9.59 Å². The summed E-state index contributed by atoms with van der Waals surface area (Å²) < 4.78 is 5.19. The smallest absolute Gasteiger partial charge is 0.341 e. The Bertz CT molecular complexity index is 730. The van der Waals surface area contributed by atoms with Gasteiger partial charge in [-0.05, 0) is 53.1 Å². The number of carboxylic acid groups (broad SMARTS) is 1. The van der Waals surface area contributed by atoms with Gasteiger partial charge in [0.2, 0.25) is 5.91 Å². The topological polar surface area (TPSA) is 66.8 Å². The van der Waals surface area contributed by atoms with Crippen molar-refractivity contribution in [2.75, 3.05) is 17.3 Å². The van der Waals surface area contributed by atoms with Crippen LogP contribution in [0, 0.1) is 6.92 Å². The molecule has 0 radical (unpaired) electrons. The number of carboxylic acids is 1. The van der Waals surface area contributed by atoms with E-state index >= 15 is 0 Å². The molecule has 1 aliphatic rings. The fourth-order valence-corrected chi connectivity index (χ4v) is 4.40. The van der Waals surface area contributed by atoms with Gasteiger partial charge >= 0.3 is 5.97 Å². The number of thioether (sulfide) groups is 1. The number of ether oxygens (including phenoxy) is 1. The quantitative estimate of drug-likeness (QED) is 0.897. The van der Waals surface area contributed by atoms with Crippen LogP contribution in [0.1, 0.15) is 16.5 Å². The second kappa shape index (κ2) is 6.64. The van der Waals surface area contributed by atoms with E-state index in [-0.39, 0.29) is 17.9 Å². The lowest BCUT2D eigenvalue weighted by molar-refractivity contribution is -0.139. The summed E-state index contributed by atoms with van der Waals surface area (Å²) in [5, 5.41) is 12.7. The van der Waals surface area contributed by atoms with E-state index in [0.717, 1.165) is 16.8 Å². The van der Waals surface area contributed by atoms with E-state index < -0.39 is 5.97 Å². The van der Waals surface area contributed by atoms with Gasteiger partial charge in [0.1, 0.15) is 11.1 Å². The van der Waals surface area contributed by atoms with Crippen LogP contribution in [0.5, 0.6) is 5.75 Å². The Morgan fingerprint density at radius 3 is 2.91 bits per heavy atom. The Kier molecular flexibility index (Phi) is 4.58. The summed E-state index contributed by atoms with van der Waals surface area (Å²) in [5.41, 5.74) is 2.83. The van der Waals surface area contributed by atoms with Crippen LogP contribution in [0.25, 0.3) is 0 Å². The predicted molar refractivity (Wildman–Crippen MR) is 91.3 cm³/mol. The van der Waals surface area contributed by atoms with Crippen LogP contribution >= 0.6 is 23.1 Å². The minimum Gasteiger partial charge on any atom is -0.482 e. The van der Waals surface area contributed by atoms with Crippen molar-refractivity contribution in [1.29, 1.82) is 0 Å². The molecule has 1 aromatic carbocycles. The molecule has 1 amide bonds. The molecule has 2 aromatic rings. The lowest BCUT2D eigenvalue weighted by atomic mass is 10.1. The van der Waals surface area contributed by atoms with Gasteiger partial charge in [-0.2, -0.15) is 11.3 Å². The Labute approximate surface area is 141 Å². The lowest BCUT2D eigenvalue weighted by Gasteiger charge is -2.25. The minimum absolute atomic E-state index is 0.0155. The monoisotopic (exact) mass is 349 g/mol. The number of aryl methyl sites for hydroxylation is 1. The number of nitrogens with zero attached hydrogens (tertiary/aromatic N) is 1. The molecule has 3 rings (SSSR count). The molecule has 0 bridgehead atoms. The third kappa shape index (κ3) is 3.35. The summed E-state index contributed by atoms with van der Waals surface area (Å²) in [6, 6.07) is 7.31. The first-order chi connectivity index (χ1) is 11.1. The van der Waals surface area contributed by atoms with Gasteiger partial charge < -0.3 is 9.84 Å².